The maximum absolute atomic E-state index is 12.2. The van der Waals surface area contributed by atoms with Gasteiger partial charge in [0.15, 0.2) is 6.61 Å². The second-order valence-electron chi connectivity index (χ2n) is 5.76. The minimum atomic E-state index is -0.226. The number of nitrogens with zero attached hydrogens (tertiary/aromatic N) is 2. The summed E-state index contributed by atoms with van der Waals surface area (Å²) in [5.41, 5.74) is 0. The van der Waals surface area contributed by atoms with Crippen LogP contribution < -0.4 is 4.74 Å². The molecule has 2 aromatic carbocycles. The summed E-state index contributed by atoms with van der Waals surface area (Å²) in [5.74, 6) is 0.347. The summed E-state index contributed by atoms with van der Waals surface area (Å²) in [6, 6.07) is 11.7. The van der Waals surface area contributed by atoms with Crippen LogP contribution in [-0.4, -0.2) is 54.9 Å². The Kier molecular flexibility index (Phi) is 6.82. The van der Waals surface area contributed by atoms with E-state index in [-0.39, 0.29) is 25.0 Å². The Morgan fingerprint density at radius 2 is 1.64 bits per heavy atom. The number of fused-ring (bicyclic) bond motifs is 1. The molecule has 0 heterocycles. The molecule has 0 radical (unpaired) electrons. The molecule has 0 aliphatic carbocycles. The zero-order chi connectivity index (χ0) is 18.4. The largest absolute Gasteiger partial charge is 0.484 e. The summed E-state index contributed by atoms with van der Waals surface area (Å²) in [5, 5.41) is 2.13. The molecule has 0 saturated heterocycles. The van der Waals surface area contributed by atoms with Crippen LogP contribution in [0.3, 0.4) is 0 Å². The predicted octanol–water partition coefficient (Wildman–Crippen LogP) is 3.31. The fourth-order valence-electron chi connectivity index (χ4n) is 2.51. The molecule has 0 aromatic heterocycles. The molecule has 25 heavy (non-hydrogen) atoms. The molecule has 5 nitrogen and oxygen atoms in total. The first-order valence-corrected chi connectivity index (χ1v) is 9.07. The molecular formula is C19H23BrN2O3. The lowest BCUT2D eigenvalue weighted by Gasteiger charge is -2.23. The number of halogens is 1. The molecule has 2 amide bonds. The highest BCUT2D eigenvalue weighted by Crippen LogP contribution is 2.24. The van der Waals surface area contributed by atoms with E-state index in [1.165, 1.54) is 4.90 Å². The Bertz CT molecular complexity index is 759. The van der Waals surface area contributed by atoms with Gasteiger partial charge in [0, 0.05) is 24.6 Å². The molecule has 2 rings (SSSR count). The lowest BCUT2D eigenvalue weighted by atomic mass is 10.1. The number of carbonyl (C=O) groups excluding carboxylic acids is 2. The summed E-state index contributed by atoms with van der Waals surface area (Å²) in [4.78, 5) is 27.3. The summed E-state index contributed by atoms with van der Waals surface area (Å²) >= 11 is 3.44. The number of hydrogen-bond acceptors (Lipinski definition) is 3. The molecular weight excluding hydrogens is 384 g/mol. The molecule has 2 aromatic rings. The van der Waals surface area contributed by atoms with Crippen molar-refractivity contribution in [1.82, 2.24) is 9.80 Å². The fourth-order valence-corrected chi connectivity index (χ4v) is 2.89. The number of amides is 2. The van der Waals surface area contributed by atoms with Crippen molar-refractivity contribution in [2.45, 2.75) is 13.8 Å². The standard InChI is InChI=1S/C19H23BrN2O3/c1-4-22(5-2)18(23)12-21(3)19(24)13-25-17-9-7-14-10-16(20)8-6-15(14)11-17/h6-11H,4-5,12-13H2,1-3H3. The molecule has 0 aliphatic heterocycles. The van der Waals surface area contributed by atoms with Gasteiger partial charge in [0.1, 0.15) is 5.75 Å². The maximum atomic E-state index is 12.2. The molecule has 0 N–H and O–H groups in total. The van der Waals surface area contributed by atoms with E-state index >= 15 is 0 Å². The van der Waals surface area contributed by atoms with Gasteiger partial charge in [-0.1, -0.05) is 28.1 Å². The molecule has 134 valence electrons. The van der Waals surface area contributed by atoms with Crippen LogP contribution in [-0.2, 0) is 9.59 Å². The first-order valence-electron chi connectivity index (χ1n) is 8.28. The Morgan fingerprint density at radius 1 is 1.00 bits per heavy atom. The number of rotatable bonds is 7. The maximum Gasteiger partial charge on any atom is 0.260 e. The molecule has 0 unspecified atom stereocenters. The summed E-state index contributed by atoms with van der Waals surface area (Å²) in [6.45, 7) is 5.09. The Morgan fingerprint density at radius 3 is 2.32 bits per heavy atom. The van der Waals surface area contributed by atoms with E-state index in [0.717, 1.165) is 15.2 Å². The number of carbonyl (C=O) groups is 2. The van der Waals surface area contributed by atoms with E-state index in [0.29, 0.717) is 18.8 Å². The zero-order valence-corrected chi connectivity index (χ0v) is 16.4. The highest BCUT2D eigenvalue weighted by Gasteiger charge is 2.16. The van der Waals surface area contributed by atoms with Gasteiger partial charge < -0.3 is 14.5 Å². The highest BCUT2D eigenvalue weighted by atomic mass is 79.9. The number of ether oxygens (including phenoxy) is 1. The van der Waals surface area contributed by atoms with E-state index < -0.39 is 0 Å². The van der Waals surface area contributed by atoms with E-state index in [1.54, 1.807) is 11.9 Å². The van der Waals surface area contributed by atoms with E-state index in [1.807, 2.05) is 50.2 Å². The second kappa shape index (κ2) is 8.85. The molecule has 0 atom stereocenters. The van der Waals surface area contributed by atoms with Gasteiger partial charge >= 0.3 is 0 Å². The van der Waals surface area contributed by atoms with Gasteiger partial charge in [-0.15, -0.1) is 0 Å². The number of hydrogen-bond donors (Lipinski definition) is 0. The van der Waals surface area contributed by atoms with Gasteiger partial charge in [-0.2, -0.15) is 0 Å². The Labute approximate surface area is 156 Å². The highest BCUT2D eigenvalue weighted by molar-refractivity contribution is 9.10. The minimum Gasteiger partial charge on any atom is -0.484 e. The monoisotopic (exact) mass is 406 g/mol. The van der Waals surface area contributed by atoms with Crippen molar-refractivity contribution in [1.29, 1.82) is 0 Å². The second-order valence-corrected chi connectivity index (χ2v) is 6.67. The van der Waals surface area contributed by atoms with Crippen molar-refractivity contribution in [2.24, 2.45) is 0 Å². The topological polar surface area (TPSA) is 49.9 Å². The lowest BCUT2D eigenvalue weighted by molar-refractivity contribution is -0.140. The van der Waals surface area contributed by atoms with Crippen molar-refractivity contribution in [3.8, 4) is 5.75 Å². The summed E-state index contributed by atoms with van der Waals surface area (Å²) in [7, 11) is 1.62. The number of likely N-dealkylation sites (N-methyl/N-ethyl adjacent to an activating group) is 2. The van der Waals surface area contributed by atoms with E-state index in [4.69, 9.17) is 4.74 Å². The van der Waals surface area contributed by atoms with Crippen LogP contribution in [0.15, 0.2) is 40.9 Å². The van der Waals surface area contributed by atoms with Crippen LogP contribution in [0.1, 0.15) is 13.8 Å². The van der Waals surface area contributed by atoms with E-state index in [9.17, 15) is 9.59 Å². The fraction of sp³-hybridized carbons (Fsp3) is 0.368. The third kappa shape index (κ3) is 5.19. The molecule has 0 bridgehead atoms. The van der Waals surface area contributed by atoms with Crippen LogP contribution in [0.2, 0.25) is 0 Å². The first-order chi connectivity index (χ1) is 11.9. The van der Waals surface area contributed by atoms with Crippen molar-refractivity contribution in [2.75, 3.05) is 33.3 Å². The van der Waals surface area contributed by atoms with Gasteiger partial charge in [0.2, 0.25) is 5.91 Å². The van der Waals surface area contributed by atoms with Crippen molar-refractivity contribution >= 4 is 38.5 Å². The average Bonchev–Trinajstić information content (AvgIpc) is 2.60. The third-order valence-corrected chi connectivity index (χ3v) is 4.54. The predicted molar refractivity (Wildman–Crippen MR) is 103 cm³/mol. The molecule has 0 fully saturated rings. The van der Waals surface area contributed by atoms with Gasteiger partial charge in [-0.25, -0.2) is 0 Å². The van der Waals surface area contributed by atoms with Crippen molar-refractivity contribution in [3.63, 3.8) is 0 Å². The van der Waals surface area contributed by atoms with Gasteiger partial charge in [0.05, 0.1) is 6.54 Å². The molecule has 6 heteroatoms. The molecule has 0 aliphatic rings. The van der Waals surface area contributed by atoms with Gasteiger partial charge in [0.25, 0.3) is 5.91 Å². The van der Waals surface area contributed by atoms with Gasteiger partial charge in [-0.05, 0) is 48.9 Å². The minimum absolute atomic E-state index is 0.0582. The van der Waals surface area contributed by atoms with E-state index in [2.05, 4.69) is 15.9 Å². The average molecular weight is 407 g/mol. The van der Waals surface area contributed by atoms with Gasteiger partial charge in [-0.3, -0.25) is 9.59 Å². The van der Waals surface area contributed by atoms with Crippen molar-refractivity contribution in [3.05, 3.63) is 40.9 Å². The number of benzene rings is 2. The SMILES string of the molecule is CCN(CC)C(=O)CN(C)C(=O)COc1ccc2cc(Br)ccc2c1. The van der Waals surface area contributed by atoms with Crippen LogP contribution in [0, 0.1) is 0 Å². The van der Waals surface area contributed by atoms with Crippen LogP contribution in [0.4, 0.5) is 0 Å². The molecule has 0 saturated carbocycles. The quantitative estimate of drug-likeness (QED) is 0.708. The molecule has 0 spiro atoms. The van der Waals surface area contributed by atoms with Crippen molar-refractivity contribution < 1.29 is 14.3 Å². The zero-order valence-electron chi connectivity index (χ0n) is 14.8. The van der Waals surface area contributed by atoms with Crippen LogP contribution >= 0.6 is 15.9 Å². The lowest BCUT2D eigenvalue weighted by Crippen LogP contribution is -2.42. The van der Waals surface area contributed by atoms with Crippen LogP contribution in [0.25, 0.3) is 10.8 Å². The Balaban J connectivity index is 1.92. The Hall–Kier alpha value is -2.08. The smallest absolute Gasteiger partial charge is 0.260 e. The summed E-state index contributed by atoms with van der Waals surface area (Å²) in [6.07, 6.45) is 0. The summed E-state index contributed by atoms with van der Waals surface area (Å²) < 4.78 is 6.61. The third-order valence-electron chi connectivity index (χ3n) is 4.05. The normalized spacial score (nSPS) is 10.6. The van der Waals surface area contributed by atoms with Crippen LogP contribution in [0.5, 0.6) is 5.75 Å². The first kappa shape index (κ1) is 19.2.